The zero-order valence-electron chi connectivity index (χ0n) is 9.16. The summed E-state index contributed by atoms with van der Waals surface area (Å²) in [4.78, 5) is 10.9. The first kappa shape index (κ1) is 11.5. The van der Waals surface area contributed by atoms with Crippen molar-refractivity contribution < 1.29 is 14.6 Å². The van der Waals surface area contributed by atoms with Gasteiger partial charge in [0.2, 0.25) is 0 Å². The standard InChI is InChI=1S/C12H13BrO3/c1-6-3-9-4-8(7(2)12(14)15)5-10(13)11(9)16-6/h4-7H,3H2,1-2H3,(H,14,15). The van der Waals surface area contributed by atoms with Crippen molar-refractivity contribution in [3.05, 3.63) is 27.7 Å². The number of carboxylic acid groups (broad SMARTS) is 1. The molecule has 0 aliphatic carbocycles. The van der Waals surface area contributed by atoms with E-state index in [2.05, 4.69) is 15.9 Å². The molecule has 2 unspecified atom stereocenters. The van der Waals surface area contributed by atoms with E-state index in [0.29, 0.717) is 0 Å². The third-order valence-corrected chi connectivity index (χ3v) is 3.43. The Bertz CT molecular complexity index is 442. The van der Waals surface area contributed by atoms with Crippen LogP contribution in [0.3, 0.4) is 0 Å². The van der Waals surface area contributed by atoms with Crippen molar-refractivity contribution in [3.63, 3.8) is 0 Å². The number of aliphatic carboxylic acids is 1. The second-order valence-corrected chi connectivity index (χ2v) is 5.04. The first-order chi connectivity index (χ1) is 7.49. The van der Waals surface area contributed by atoms with E-state index in [1.54, 1.807) is 6.92 Å². The molecule has 1 aliphatic heterocycles. The van der Waals surface area contributed by atoms with E-state index in [1.165, 1.54) is 0 Å². The Labute approximate surface area is 103 Å². The topological polar surface area (TPSA) is 46.5 Å². The highest BCUT2D eigenvalue weighted by molar-refractivity contribution is 9.10. The lowest BCUT2D eigenvalue weighted by Crippen LogP contribution is -2.07. The molecular formula is C12H13BrO3. The number of hydrogen-bond donors (Lipinski definition) is 1. The molecular weight excluding hydrogens is 272 g/mol. The third kappa shape index (κ3) is 1.94. The molecule has 2 atom stereocenters. The highest BCUT2D eigenvalue weighted by Crippen LogP contribution is 2.38. The number of rotatable bonds is 2. The summed E-state index contributed by atoms with van der Waals surface area (Å²) in [7, 11) is 0. The number of ether oxygens (including phenoxy) is 1. The van der Waals surface area contributed by atoms with Gasteiger partial charge in [-0.2, -0.15) is 0 Å². The lowest BCUT2D eigenvalue weighted by Gasteiger charge is -2.10. The van der Waals surface area contributed by atoms with Crippen molar-refractivity contribution in [2.75, 3.05) is 0 Å². The first-order valence-corrected chi connectivity index (χ1v) is 6.00. The molecule has 0 amide bonds. The van der Waals surface area contributed by atoms with Crippen molar-refractivity contribution in [1.29, 1.82) is 0 Å². The largest absolute Gasteiger partial charge is 0.489 e. The Morgan fingerprint density at radius 1 is 1.62 bits per heavy atom. The van der Waals surface area contributed by atoms with Crippen LogP contribution in [0.5, 0.6) is 5.75 Å². The van der Waals surface area contributed by atoms with Crippen molar-refractivity contribution in [1.82, 2.24) is 0 Å². The molecule has 0 fully saturated rings. The molecule has 0 spiro atoms. The maximum Gasteiger partial charge on any atom is 0.310 e. The van der Waals surface area contributed by atoms with Crippen LogP contribution in [-0.4, -0.2) is 17.2 Å². The van der Waals surface area contributed by atoms with Gasteiger partial charge in [0, 0.05) is 6.42 Å². The van der Waals surface area contributed by atoms with Gasteiger partial charge < -0.3 is 9.84 Å². The van der Waals surface area contributed by atoms with Crippen LogP contribution in [0, 0.1) is 0 Å². The van der Waals surface area contributed by atoms with E-state index in [4.69, 9.17) is 9.84 Å². The second kappa shape index (κ2) is 4.09. The van der Waals surface area contributed by atoms with Gasteiger partial charge in [0.15, 0.2) is 0 Å². The number of carboxylic acids is 1. The Morgan fingerprint density at radius 2 is 2.31 bits per heavy atom. The van der Waals surface area contributed by atoms with Crippen LogP contribution in [-0.2, 0) is 11.2 Å². The first-order valence-electron chi connectivity index (χ1n) is 5.21. The lowest BCUT2D eigenvalue weighted by molar-refractivity contribution is -0.138. The number of fused-ring (bicyclic) bond motifs is 1. The maximum absolute atomic E-state index is 10.9. The van der Waals surface area contributed by atoms with Crippen LogP contribution in [0.15, 0.2) is 16.6 Å². The molecule has 0 bridgehead atoms. The second-order valence-electron chi connectivity index (χ2n) is 4.18. The summed E-state index contributed by atoms with van der Waals surface area (Å²) in [5.74, 6) is -0.440. The van der Waals surface area contributed by atoms with E-state index in [0.717, 1.165) is 27.8 Å². The monoisotopic (exact) mass is 284 g/mol. The van der Waals surface area contributed by atoms with Gasteiger partial charge in [-0.05, 0) is 47.0 Å². The summed E-state index contributed by atoms with van der Waals surface area (Å²) in [6, 6.07) is 3.76. The predicted octanol–water partition coefficient (Wildman–Crippen LogP) is 2.96. The third-order valence-electron chi connectivity index (χ3n) is 2.84. The minimum atomic E-state index is -0.807. The van der Waals surface area contributed by atoms with E-state index in [-0.39, 0.29) is 6.10 Å². The minimum absolute atomic E-state index is 0.168. The zero-order valence-corrected chi connectivity index (χ0v) is 10.7. The van der Waals surface area contributed by atoms with Crippen LogP contribution in [0.1, 0.15) is 30.9 Å². The molecule has 1 aliphatic rings. The molecule has 1 N–H and O–H groups in total. The summed E-state index contributed by atoms with van der Waals surface area (Å²) in [6.07, 6.45) is 1.01. The molecule has 0 aromatic heterocycles. The van der Waals surface area contributed by atoms with Crippen LogP contribution < -0.4 is 4.74 Å². The Kier molecular flexibility index (Phi) is 2.93. The van der Waals surface area contributed by atoms with E-state index < -0.39 is 11.9 Å². The van der Waals surface area contributed by atoms with Crippen LogP contribution in [0.2, 0.25) is 0 Å². The number of benzene rings is 1. The molecule has 1 aromatic carbocycles. The summed E-state index contributed by atoms with van der Waals surface area (Å²) >= 11 is 3.43. The Hall–Kier alpha value is -1.03. The van der Waals surface area contributed by atoms with Gasteiger partial charge in [0.1, 0.15) is 11.9 Å². The van der Waals surface area contributed by atoms with Crippen molar-refractivity contribution in [2.24, 2.45) is 0 Å². The Morgan fingerprint density at radius 3 is 2.94 bits per heavy atom. The molecule has 4 heteroatoms. The minimum Gasteiger partial charge on any atom is -0.489 e. The smallest absolute Gasteiger partial charge is 0.310 e. The molecule has 86 valence electrons. The van der Waals surface area contributed by atoms with E-state index in [1.807, 2.05) is 19.1 Å². The molecule has 0 saturated carbocycles. The van der Waals surface area contributed by atoms with Crippen LogP contribution >= 0.6 is 15.9 Å². The molecule has 2 rings (SSSR count). The fourth-order valence-corrected chi connectivity index (χ4v) is 2.51. The van der Waals surface area contributed by atoms with Crippen molar-refractivity contribution in [3.8, 4) is 5.75 Å². The van der Waals surface area contributed by atoms with Gasteiger partial charge in [-0.3, -0.25) is 4.79 Å². The van der Waals surface area contributed by atoms with Gasteiger partial charge in [0.25, 0.3) is 0 Å². The molecule has 0 radical (unpaired) electrons. The predicted molar refractivity (Wildman–Crippen MR) is 64.0 cm³/mol. The summed E-state index contributed by atoms with van der Waals surface area (Å²) < 4.78 is 6.48. The zero-order chi connectivity index (χ0) is 11.9. The van der Waals surface area contributed by atoms with E-state index in [9.17, 15) is 4.79 Å². The highest BCUT2D eigenvalue weighted by Gasteiger charge is 2.24. The Balaban J connectivity index is 2.42. The SMILES string of the molecule is CC1Cc2cc(C(C)C(=O)O)cc(Br)c2O1. The number of halogens is 1. The highest BCUT2D eigenvalue weighted by atomic mass is 79.9. The molecule has 1 heterocycles. The average Bonchev–Trinajstić information content (AvgIpc) is 2.57. The quantitative estimate of drug-likeness (QED) is 0.908. The number of carbonyl (C=O) groups is 1. The van der Waals surface area contributed by atoms with Gasteiger partial charge >= 0.3 is 5.97 Å². The molecule has 0 saturated heterocycles. The van der Waals surface area contributed by atoms with Crippen LogP contribution in [0.4, 0.5) is 0 Å². The molecule has 16 heavy (non-hydrogen) atoms. The molecule has 1 aromatic rings. The van der Waals surface area contributed by atoms with Gasteiger partial charge in [0.05, 0.1) is 10.4 Å². The lowest BCUT2D eigenvalue weighted by atomic mass is 9.98. The van der Waals surface area contributed by atoms with Gasteiger partial charge in [-0.25, -0.2) is 0 Å². The van der Waals surface area contributed by atoms with Crippen molar-refractivity contribution >= 4 is 21.9 Å². The fraction of sp³-hybridized carbons (Fsp3) is 0.417. The summed E-state index contributed by atoms with van der Waals surface area (Å²) in [5.41, 5.74) is 1.90. The molecule has 3 nitrogen and oxygen atoms in total. The summed E-state index contributed by atoms with van der Waals surface area (Å²) in [5, 5.41) is 8.98. The normalized spacial score (nSPS) is 20.1. The summed E-state index contributed by atoms with van der Waals surface area (Å²) in [6.45, 7) is 3.70. The van der Waals surface area contributed by atoms with Gasteiger partial charge in [-0.1, -0.05) is 6.07 Å². The van der Waals surface area contributed by atoms with E-state index >= 15 is 0 Å². The van der Waals surface area contributed by atoms with Crippen molar-refractivity contribution in [2.45, 2.75) is 32.3 Å². The average molecular weight is 285 g/mol. The van der Waals surface area contributed by atoms with Crippen LogP contribution in [0.25, 0.3) is 0 Å². The fourth-order valence-electron chi connectivity index (χ4n) is 1.90. The number of hydrogen-bond acceptors (Lipinski definition) is 2. The van der Waals surface area contributed by atoms with Gasteiger partial charge in [-0.15, -0.1) is 0 Å². The maximum atomic E-state index is 10.9.